The van der Waals surface area contributed by atoms with Crippen LogP contribution in [0, 0.1) is 6.92 Å². The van der Waals surface area contributed by atoms with Crippen LogP contribution in [0.25, 0.3) is 0 Å². The van der Waals surface area contributed by atoms with Crippen molar-refractivity contribution in [3.05, 3.63) is 47.3 Å². The fraction of sp³-hybridized carbons (Fsp3) is 0.267. The van der Waals surface area contributed by atoms with E-state index in [-0.39, 0.29) is 17.8 Å². The van der Waals surface area contributed by atoms with Crippen molar-refractivity contribution in [1.29, 1.82) is 0 Å². The largest absolute Gasteiger partial charge is 0.416 e. The topological polar surface area (TPSA) is 76.0 Å². The normalized spacial score (nSPS) is 11.2. The molecular weight excluding hydrogens is 325 g/mol. The molecule has 128 valence electrons. The van der Waals surface area contributed by atoms with Gasteiger partial charge in [-0.15, -0.1) is 0 Å². The van der Waals surface area contributed by atoms with Gasteiger partial charge in [0.1, 0.15) is 0 Å². The van der Waals surface area contributed by atoms with Crippen molar-refractivity contribution in [1.82, 2.24) is 15.1 Å². The van der Waals surface area contributed by atoms with Gasteiger partial charge in [0.2, 0.25) is 0 Å². The smallest absolute Gasteiger partial charge is 0.342 e. The number of alkyl halides is 3. The van der Waals surface area contributed by atoms with Crippen LogP contribution in [-0.4, -0.2) is 21.6 Å². The number of aromatic nitrogens is 2. The van der Waals surface area contributed by atoms with Gasteiger partial charge < -0.3 is 10.6 Å². The zero-order chi connectivity index (χ0) is 17.9. The average Bonchev–Trinajstić information content (AvgIpc) is 2.90. The molecule has 0 bridgehead atoms. The summed E-state index contributed by atoms with van der Waals surface area (Å²) in [6.07, 6.45) is -3.00. The predicted molar refractivity (Wildman–Crippen MR) is 79.9 cm³/mol. The summed E-state index contributed by atoms with van der Waals surface area (Å²) in [5, 5.41) is 8.43. The Kier molecular flexibility index (Phi) is 4.91. The average molecular weight is 340 g/mol. The maximum absolute atomic E-state index is 12.8. The van der Waals surface area contributed by atoms with Gasteiger partial charge in [-0.2, -0.15) is 18.3 Å². The summed E-state index contributed by atoms with van der Waals surface area (Å²) < 4.78 is 40.0. The van der Waals surface area contributed by atoms with Crippen LogP contribution in [0.4, 0.5) is 18.9 Å². The quantitative estimate of drug-likeness (QED) is 0.839. The highest BCUT2D eigenvalue weighted by Gasteiger charge is 2.32. The molecule has 9 heteroatoms. The van der Waals surface area contributed by atoms with Gasteiger partial charge in [-0.1, -0.05) is 6.07 Å². The number of nitrogens with one attached hydrogen (secondary N) is 2. The first-order valence-corrected chi connectivity index (χ1v) is 6.92. The van der Waals surface area contributed by atoms with Crippen LogP contribution < -0.4 is 10.6 Å². The van der Waals surface area contributed by atoms with E-state index in [9.17, 15) is 22.8 Å². The number of nitrogens with zero attached hydrogens (tertiary/aromatic N) is 2. The van der Waals surface area contributed by atoms with Crippen LogP contribution in [0.3, 0.4) is 0 Å². The van der Waals surface area contributed by atoms with Crippen molar-refractivity contribution < 1.29 is 22.8 Å². The highest BCUT2D eigenvalue weighted by molar-refractivity contribution is 6.39. The number of aryl methyl sites for hydroxylation is 2. The van der Waals surface area contributed by atoms with Gasteiger partial charge in [0.05, 0.1) is 17.8 Å². The lowest BCUT2D eigenvalue weighted by Gasteiger charge is -2.12. The second-order valence-corrected chi connectivity index (χ2v) is 5.11. The summed E-state index contributed by atoms with van der Waals surface area (Å²) in [6.45, 7) is 1.39. The number of hydrogen-bond donors (Lipinski definition) is 2. The van der Waals surface area contributed by atoms with E-state index >= 15 is 0 Å². The molecule has 0 atom stereocenters. The first-order chi connectivity index (χ1) is 11.2. The van der Waals surface area contributed by atoms with E-state index in [0.29, 0.717) is 5.69 Å². The van der Waals surface area contributed by atoms with Gasteiger partial charge >= 0.3 is 18.0 Å². The molecule has 0 aliphatic carbocycles. The maximum atomic E-state index is 12.8. The molecule has 0 saturated carbocycles. The Morgan fingerprint density at radius 2 is 1.92 bits per heavy atom. The number of carbonyl (C=O) groups is 2. The van der Waals surface area contributed by atoms with E-state index in [0.717, 1.165) is 6.07 Å². The number of amides is 2. The van der Waals surface area contributed by atoms with Crippen LogP contribution >= 0.6 is 0 Å². The summed E-state index contributed by atoms with van der Waals surface area (Å²) in [5.74, 6) is -2.00. The van der Waals surface area contributed by atoms with Crippen molar-refractivity contribution in [3.8, 4) is 0 Å². The minimum atomic E-state index is -4.54. The second kappa shape index (κ2) is 6.73. The molecule has 1 heterocycles. The van der Waals surface area contributed by atoms with E-state index < -0.39 is 23.6 Å². The van der Waals surface area contributed by atoms with Crippen LogP contribution in [0.1, 0.15) is 16.8 Å². The number of carbonyl (C=O) groups excluding carboxylic acids is 2. The summed E-state index contributed by atoms with van der Waals surface area (Å²) >= 11 is 0. The van der Waals surface area contributed by atoms with Gasteiger partial charge in [0.25, 0.3) is 0 Å². The monoisotopic (exact) mass is 340 g/mol. The molecule has 24 heavy (non-hydrogen) atoms. The Balaban J connectivity index is 2.01. The molecule has 0 aliphatic rings. The fourth-order valence-corrected chi connectivity index (χ4v) is 2.02. The van der Waals surface area contributed by atoms with Crippen LogP contribution in [0.2, 0.25) is 0 Å². The first-order valence-electron chi connectivity index (χ1n) is 6.92. The molecule has 6 nitrogen and oxygen atoms in total. The summed E-state index contributed by atoms with van der Waals surface area (Å²) in [6, 6.07) is 4.98. The maximum Gasteiger partial charge on any atom is 0.416 e. The molecule has 0 aliphatic heterocycles. The third-order valence-corrected chi connectivity index (χ3v) is 3.36. The number of benzene rings is 1. The van der Waals surface area contributed by atoms with E-state index in [4.69, 9.17) is 0 Å². The number of hydrogen-bond acceptors (Lipinski definition) is 3. The lowest BCUT2D eigenvalue weighted by molar-refractivity contribution is -0.138. The first kappa shape index (κ1) is 17.5. The summed E-state index contributed by atoms with van der Waals surface area (Å²) in [4.78, 5) is 23.5. The van der Waals surface area contributed by atoms with Crippen molar-refractivity contribution in [2.45, 2.75) is 19.6 Å². The molecule has 1 aromatic heterocycles. The lowest BCUT2D eigenvalue weighted by atomic mass is 10.1. The molecule has 1 aromatic carbocycles. The molecule has 2 amide bonds. The molecule has 0 radical (unpaired) electrons. The SMILES string of the molecule is Cc1ccc(NC(=O)C(=O)NCc2ccnn2C)cc1C(F)(F)F. The zero-order valence-corrected chi connectivity index (χ0v) is 12.9. The second-order valence-electron chi connectivity index (χ2n) is 5.11. The molecular formula is C15H15F3N4O2. The highest BCUT2D eigenvalue weighted by atomic mass is 19.4. The van der Waals surface area contributed by atoms with Gasteiger partial charge in [-0.05, 0) is 30.7 Å². The van der Waals surface area contributed by atoms with Crippen molar-refractivity contribution >= 4 is 17.5 Å². The molecule has 0 spiro atoms. The Labute approximate surface area is 135 Å². The Morgan fingerprint density at radius 3 is 2.50 bits per heavy atom. The molecule has 0 fully saturated rings. The van der Waals surface area contributed by atoms with E-state index in [1.165, 1.54) is 29.9 Å². The van der Waals surface area contributed by atoms with Gasteiger partial charge in [-0.25, -0.2) is 0 Å². The van der Waals surface area contributed by atoms with Crippen LogP contribution in [0.5, 0.6) is 0 Å². The third-order valence-electron chi connectivity index (χ3n) is 3.36. The van der Waals surface area contributed by atoms with Crippen LogP contribution in [-0.2, 0) is 29.4 Å². The molecule has 0 saturated heterocycles. The molecule has 2 aromatic rings. The Morgan fingerprint density at radius 1 is 1.21 bits per heavy atom. The molecule has 0 unspecified atom stereocenters. The van der Waals surface area contributed by atoms with E-state index in [1.807, 2.05) is 0 Å². The van der Waals surface area contributed by atoms with E-state index in [1.54, 1.807) is 13.1 Å². The Bertz CT molecular complexity index is 768. The zero-order valence-electron chi connectivity index (χ0n) is 12.9. The summed E-state index contributed by atoms with van der Waals surface area (Å²) in [5.41, 5.74) is -0.267. The molecule has 2 N–H and O–H groups in total. The predicted octanol–water partition coefficient (Wildman–Crippen LogP) is 2.00. The number of rotatable bonds is 3. The highest BCUT2D eigenvalue weighted by Crippen LogP contribution is 2.33. The van der Waals surface area contributed by atoms with Gasteiger partial charge in [0, 0.05) is 18.9 Å². The number of anilines is 1. The standard InChI is InChI=1S/C15H15F3N4O2/c1-9-3-4-10(7-12(9)15(16,17)18)21-14(24)13(23)19-8-11-5-6-20-22(11)2/h3-7H,8H2,1-2H3,(H,19,23)(H,21,24). The van der Waals surface area contributed by atoms with Crippen LogP contribution in [0.15, 0.2) is 30.5 Å². The van der Waals surface area contributed by atoms with Crippen molar-refractivity contribution in [3.63, 3.8) is 0 Å². The lowest BCUT2D eigenvalue weighted by Crippen LogP contribution is -2.35. The van der Waals surface area contributed by atoms with Gasteiger partial charge in [0.15, 0.2) is 0 Å². The van der Waals surface area contributed by atoms with Crippen molar-refractivity contribution in [2.24, 2.45) is 7.05 Å². The molecule has 2 rings (SSSR count). The minimum absolute atomic E-state index is 0.0289. The fourth-order valence-electron chi connectivity index (χ4n) is 2.02. The Hall–Kier alpha value is -2.84. The number of halogens is 3. The van der Waals surface area contributed by atoms with E-state index in [2.05, 4.69) is 15.7 Å². The third kappa shape index (κ3) is 4.12. The minimum Gasteiger partial charge on any atom is -0.342 e. The summed E-state index contributed by atoms with van der Waals surface area (Å²) in [7, 11) is 1.67. The van der Waals surface area contributed by atoms with Crippen molar-refractivity contribution in [2.75, 3.05) is 5.32 Å². The van der Waals surface area contributed by atoms with Gasteiger partial charge in [-0.3, -0.25) is 14.3 Å².